The van der Waals surface area contributed by atoms with Crippen LogP contribution in [0.2, 0.25) is 0 Å². The zero-order valence-corrected chi connectivity index (χ0v) is 15.1. The van der Waals surface area contributed by atoms with Crippen LogP contribution in [0.25, 0.3) is 16.5 Å². The number of carbonyl (C=O) groups is 1. The van der Waals surface area contributed by atoms with Crippen molar-refractivity contribution in [2.24, 2.45) is 0 Å². The SMILES string of the molecule is O=C(CSc1ccc(F)cc1)N1CC=C(c2c[nH]c3ccccc23)CC1. The van der Waals surface area contributed by atoms with Gasteiger partial charge in [-0.3, -0.25) is 4.79 Å². The lowest BCUT2D eigenvalue weighted by molar-refractivity contribution is -0.127. The Hall–Kier alpha value is -2.53. The first-order valence-corrected chi connectivity index (χ1v) is 9.61. The van der Waals surface area contributed by atoms with E-state index in [2.05, 4.69) is 29.4 Å². The molecule has 0 bridgehead atoms. The molecule has 1 aliphatic heterocycles. The lowest BCUT2D eigenvalue weighted by atomic mass is 9.99. The monoisotopic (exact) mass is 366 g/mol. The van der Waals surface area contributed by atoms with Crippen molar-refractivity contribution in [2.75, 3.05) is 18.8 Å². The molecule has 0 fully saturated rings. The zero-order valence-electron chi connectivity index (χ0n) is 14.2. The maximum Gasteiger partial charge on any atom is 0.233 e. The molecular formula is C21H19FN2OS. The Labute approximate surface area is 155 Å². The number of aromatic amines is 1. The summed E-state index contributed by atoms with van der Waals surface area (Å²) in [6.07, 6.45) is 5.06. The highest BCUT2D eigenvalue weighted by atomic mass is 32.2. The predicted octanol–water partition coefficient (Wildman–Crippen LogP) is 4.72. The van der Waals surface area contributed by atoms with Gasteiger partial charge in [0.2, 0.25) is 5.91 Å². The Morgan fingerprint density at radius 2 is 1.96 bits per heavy atom. The summed E-state index contributed by atoms with van der Waals surface area (Å²) in [6, 6.07) is 14.5. The number of H-pyrrole nitrogens is 1. The van der Waals surface area contributed by atoms with Gasteiger partial charge in [0.05, 0.1) is 5.75 Å². The summed E-state index contributed by atoms with van der Waals surface area (Å²) in [5, 5.41) is 1.23. The second-order valence-corrected chi connectivity index (χ2v) is 7.36. The summed E-state index contributed by atoms with van der Waals surface area (Å²) in [4.78, 5) is 18.5. The van der Waals surface area contributed by atoms with Crippen LogP contribution in [-0.2, 0) is 4.79 Å². The molecule has 2 heterocycles. The fraction of sp³-hybridized carbons (Fsp3) is 0.190. The molecule has 5 heteroatoms. The summed E-state index contributed by atoms with van der Waals surface area (Å²) >= 11 is 1.45. The zero-order chi connectivity index (χ0) is 17.9. The minimum absolute atomic E-state index is 0.119. The average Bonchev–Trinajstić information content (AvgIpc) is 3.11. The number of halogens is 1. The van der Waals surface area contributed by atoms with Crippen molar-refractivity contribution >= 4 is 34.1 Å². The first kappa shape index (κ1) is 16.9. The number of nitrogens with one attached hydrogen (secondary N) is 1. The summed E-state index contributed by atoms with van der Waals surface area (Å²) < 4.78 is 12.9. The highest BCUT2D eigenvalue weighted by molar-refractivity contribution is 8.00. The van der Waals surface area contributed by atoms with Gasteiger partial charge in [0.15, 0.2) is 0 Å². The Bertz CT molecular complexity index is 962. The van der Waals surface area contributed by atoms with Gasteiger partial charge in [-0.2, -0.15) is 0 Å². The molecule has 1 amide bonds. The number of carbonyl (C=O) groups excluding carboxylic acids is 1. The minimum atomic E-state index is -0.258. The molecule has 0 radical (unpaired) electrons. The molecule has 0 spiro atoms. The van der Waals surface area contributed by atoms with E-state index in [-0.39, 0.29) is 11.7 Å². The van der Waals surface area contributed by atoms with Crippen LogP contribution in [0.5, 0.6) is 0 Å². The first-order chi connectivity index (χ1) is 12.7. The number of fused-ring (bicyclic) bond motifs is 1. The van der Waals surface area contributed by atoms with E-state index >= 15 is 0 Å². The number of para-hydroxylation sites is 1. The summed E-state index contributed by atoms with van der Waals surface area (Å²) in [5.74, 6) is 0.238. The largest absolute Gasteiger partial charge is 0.361 e. The fourth-order valence-electron chi connectivity index (χ4n) is 3.24. The topological polar surface area (TPSA) is 36.1 Å². The van der Waals surface area contributed by atoms with Crippen molar-refractivity contribution in [3.63, 3.8) is 0 Å². The van der Waals surface area contributed by atoms with Crippen LogP contribution >= 0.6 is 11.8 Å². The van der Waals surface area contributed by atoms with Crippen LogP contribution in [0.3, 0.4) is 0 Å². The third kappa shape index (κ3) is 3.53. The number of nitrogens with zero attached hydrogens (tertiary/aromatic N) is 1. The van der Waals surface area contributed by atoms with Gasteiger partial charge in [-0.25, -0.2) is 4.39 Å². The molecule has 132 valence electrons. The van der Waals surface area contributed by atoms with Gasteiger partial charge >= 0.3 is 0 Å². The summed E-state index contributed by atoms with van der Waals surface area (Å²) in [5.41, 5.74) is 3.66. The molecule has 0 saturated heterocycles. The smallest absolute Gasteiger partial charge is 0.233 e. The van der Waals surface area contributed by atoms with Crippen LogP contribution in [0.15, 0.2) is 65.7 Å². The van der Waals surface area contributed by atoms with Crippen LogP contribution < -0.4 is 0 Å². The van der Waals surface area contributed by atoms with E-state index in [1.807, 2.05) is 17.0 Å². The van der Waals surface area contributed by atoms with E-state index in [0.717, 1.165) is 23.4 Å². The molecule has 3 nitrogen and oxygen atoms in total. The lowest BCUT2D eigenvalue weighted by Gasteiger charge is -2.26. The van der Waals surface area contributed by atoms with E-state index in [4.69, 9.17) is 0 Å². The quantitative estimate of drug-likeness (QED) is 0.679. The maximum absolute atomic E-state index is 12.9. The number of rotatable bonds is 4. The van der Waals surface area contributed by atoms with Gasteiger partial charge in [0.25, 0.3) is 0 Å². The molecule has 1 aromatic heterocycles. The van der Waals surface area contributed by atoms with Crippen molar-refractivity contribution in [1.82, 2.24) is 9.88 Å². The van der Waals surface area contributed by atoms with Gasteiger partial charge in [0.1, 0.15) is 5.82 Å². The Kier molecular flexibility index (Phi) is 4.80. The molecule has 26 heavy (non-hydrogen) atoms. The van der Waals surface area contributed by atoms with E-state index in [9.17, 15) is 9.18 Å². The number of hydrogen-bond donors (Lipinski definition) is 1. The van der Waals surface area contributed by atoms with Crippen LogP contribution in [0.1, 0.15) is 12.0 Å². The van der Waals surface area contributed by atoms with Crippen molar-refractivity contribution in [3.8, 4) is 0 Å². The van der Waals surface area contributed by atoms with Gasteiger partial charge in [-0.1, -0.05) is 24.3 Å². The number of amides is 1. The molecule has 0 saturated carbocycles. The second kappa shape index (κ2) is 7.38. The minimum Gasteiger partial charge on any atom is -0.361 e. The lowest BCUT2D eigenvalue weighted by Crippen LogP contribution is -2.35. The van der Waals surface area contributed by atoms with Gasteiger partial charge in [-0.05, 0) is 42.3 Å². The molecule has 0 unspecified atom stereocenters. The van der Waals surface area contributed by atoms with Crippen molar-refractivity contribution in [1.29, 1.82) is 0 Å². The molecule has 1 N–H and O–H groups in total. The summed E-state index contributed by atoms with van der Waals surface area (Å²) in [6.45, 7) is 1.37. The van der Waals surface area contributed by atoms with Crippen molar-refractivity contribution < 1.29 is 9.18 Å². The van der Waals surface area contributed by atoms with E-state index < -0.39 is 0 Å². The molecule has 0 aliphatic carbocycles. The van der Waals surface area contributed by atoms with Crippen LogP contribution in [0.4, 0.5) is 4.39 Å². The van der Waals surface area contributed by atoms with Crippen LogP contribution in [-0.4, -0.2) is 34.6 Å². The Morgan fingerprint density at radius 1 is 1.15 bits per heavy atom. The molecule has 1 aliphatic rings. The fourth-order valence-corrected chi connectivity index (χ4v) is 4.05. The molecule has 3 aromatic rings. The standard InChI is InChI=1S/C21H19FN2OS/c22-16-5-7-17(8-6-16)26-14-21(25)24-11-9-15(10-12-24)19-13-23-20-4-2-1-3-18(19)20/h1-9,13,23H,10-12,14H2. The third-order valence-corrected chi connectivity index (χ3v) is 5.67. The molecule has 4 rings (SSSR count). The second-order valence-electron chi connectivity index (χ2n) is 6.31. The van der Waals surface area contributed by atoms with Crippen molar-refractivity contribution in [2.45, 2.75) is 11.3 Å². The molecule has 2 aromatic carbocycles. The third-order valence-electron chi connectivity index (χ3n) is 4.67. The number of benzene rings is 2. The molecular weight excluding hydrogens is 347 g/mol. The Morgan fingerprint density at radius 3 is 2.73 bits per heavy atom. The van der Waals surface area contributed by atoms with E-state index in [1.54, 1.807) is 12.1 Å². The highest BCUT2D eigenvalue weighted by Gasteiger charge is 2.19. The first-order valence-electron chi connectivity index (χ1n) is 8.62. The normalized spacial score (nSPS) is 14.5. The predicted molar refractivity (Wildman–Crippen MR) is 105 cm³/mol. The van der Waals surface area contributed by atoms with E-state index in [0.29, 0.717) is 12.3 Å². The number of thioether (sulfide) groups is 1. The molecule has 0 atom stereocenters. The highest BCUT2D eigenvalue weighted by Crippen LogP contribution is 2.29. The van der Waals surface area contributed by atoms with E-state index in [1.165, 1.54) is 40.4 Å². The summed E-state index contributed by atoms with van der Waals surface area (Å²) in [7, 11) is 0. The number of hydrogen-bond acceptors (Lipinski definition) is 2. The number of aromatic nitrogens is 1. The van der Waals surface area contributed by atoms with Gasteiger partial charge < -0.3 is 9.88 Å². The van der Waals surface area contributed by atoms with Crippen molar-refractivity contribution in [3.05, 3.63) is 72.2 Å². The van der Waals surface area contributed by atoms with Gasteiger partial charge in [-0.15, -0.1) is 11.8 Å². The van der Waals surface area contributed by atoms with Gasteiger partial charge in [0, 0.05) is 40.6 Å². The average molecular weight is 366 g/mol. The van der Waals surface area contributed by atoms with Crippen LogP contribution in [0, 0.1) is 5.82 Å². The Balaban J connectivity index is 1.39. The maximum atomic E-state index is 12.9.